The lowest BCUT2D eigenvalue weighted by molar-refractivity contribution is 0.0602. The number of anilines is 1. The predicted molar refractivity (Wildman–Crippen MR) is 117 cm³/mol. The maximum Gasteiger partial charge on any atom is 0.339 e. The number of hydrogen-bond donors (Lipinski definition) is 1. The first kappa shape index (κ1) is 20.0. The van der Waals surface area contributed by atoms with Gasteiger partial charge in [0.2, 0.25) is 0 Å². The minimum absolute atomic E-state index is 0.374. The fourth-order valence-corrected chi connectivity index (χ4v) is 3.40. The van der Waals surface area contributed by atoms with Gasteiger partial charge in [-0.05, 0) is 29.9 Å². The van der Waals surface area contributed by atoms with Gasteiger partial charge in [-0.1, -0.05) is 54.6 Å². The molecule has 0 aliphatic carbocycles. The number of rotatable bonds is 5. The van der Waals surface area contributed by atoms with Gasteiger partial charge in [-0.15, -0.1) is 0 Å². The maximum atomic E-state index is 11.9. The van der Waals surface area contributed by atoms with Gasteiger partial charge in [0, 0.05) is 32.7 Å². The van der Waals surface area contributed by atoms with E-state index in [1.54, 1.807) is 6.07 Å². The summed E-state index contributed by atoms with van der Waals surface area (Å²) in [7, 11) is 1.38. The number of thiocarbonyl (C=S) groups is 1. The molecule has 0 aromatic heterocycles. The van der Waals surface area contributed by atoms with Crippen LogP contribution in [0, 0.1) is 0 Å². The first-order valence-corrected chi connectivity index (χ1v) is 9.75. The van der Waals surface area contributed by atoms with E-state index >= 15 is 0 Å². The highest BCUT2D eigenvalue weighted by atomic mass is 32.1. The SMILES string of the molecule is COC(=O)c1ccccc1NC(=S)N1CCN(CC=Cc2ccccc2)CC1. The number of hydrogen-bond acceptors (Lipinski definition) is 4. The minimum atomic E-state index is -0.374. The molecule has 2 aromatic rings. The molecule has 0 unspecified atom stereocenters. The lowest BCUT2D eigenvalue weighted by atomic mass is 10.2. The minimum Gasteiger partial charge on any atom is -0.465 e. The number of piperazine rings is 1. The lowest BCUT2D eigenvalue weighted by Crippen LogP contribution is -2.49. The zero-order valence-electron chi connectivity index (χ0n) is 16.0. The summed E-state index contributed by atoms with van der Waals surface area (Å²) in [6, 6.07) is 17.6. The van der Waals surface area contributed by atoms with Crippen molar-refractivity contribution >= 4 is 35.1 Å². The summed E-state index contributed by atoms with van der Waals surface area (Å²) in [6.07, 6.45) is 4.36. The van der Waals surface area contributed by atoms with Crippen LogP contribution in [-0.4, -0.2) is 60.7 Å². The van der Waals surface area contributed by atoms with Gasteiger partial charge in [0.05, 0.1) is 18.4 Å². The zero-order chi connectivity index (χ0) is 19.8. The molecule has 0 saturated carbocycles. The molecule has 0 amide bonds. The third-order valence-corrected chi connectivity index (χ3v) is 5.07. The van der Waals surface area contributed by atoms with E-state index in [2.05, 4.69) is 39.4 Å². The van der Waals surface area contributed by atoms with Crippen LogP contribution in [-0.2, 0) is 4.74 Å². The number of para-hydroxylation sites is 1. The molecule has 1 N–H and O–H groups in total. The molecule has 1 aliphatic rings. The number of ether oxygens (including phenoxy) is 1. The number of carbonyl (C=O) groups excluding carboxylic acids is 1. The Labute approximate surface area is 171 Å². The quantitative estimate of drug-likeness (QED) is 0.618. The molecular weight excluding hydrogens is 370 g/mol. The molecule has 28 heavy (non-hydrogen) atoms. The molecule has 5 nitrogen and oxygen atoms in total. The van der Waals surface area contributed by atoms with Crippen LogP contribution in [0.15, 0.2) is 60.7 Å². The van der Waals surface area contributed by atoms with Gasteiger partial charge < -0.3 is 15.0 Å². The molecule has 0 radical (unpaired) electrons. The van der Waals surface area contributed by atoms with Crippen molar-refractivity contribution in [3.63, 3.8) is 0 Å². The van der Waals surface area contributed by atoms with Crippen molar-refractivity contribution in [1.82, 2.24) is 9.80 Å². The number of esters is 1. The highest BCUT2D eigenvalue weighted by Gasteiger charge is 2.19. The van der Waals surface area contributed by atoms with Crippen molar-refractivity contribution in [2.24, 2.45) is 0 Å². The van der Waals surface area contributed by atoms with Crippen molar-refractivity contribution < 1.29 is 9.53 Å². The highest BCUT2D eigenvalue weighted by Crippen LogP contribution is 2.17. The smallest absolute Gasteiger partial charge is 0.339 e. The molecule has 0 atom stereocenters. The fourth-order valence-electron chi connectivity index (χ4n) is 3.11. The van der Waals surface area contributed by atoms with Crippen molar-refractivity contribution in [2.75, 3.05) is 45.2 Å². The molecule has 1 saturated heterocycles. The zero-order valence-corrected chi connectivity index (χ0v) is 16.8. The maximum absolute atomic E-state index is 11.9. The second kappa shape index (κ2) is 10.0. The Morgan fingerprint density at radius 1 is 1.07 bits per heavy atom. The number of nitrogens with zero attached hydrogens (tertiary/aromatic N) is 2. The molecule has 1 heterocycles. The van der Waals surface area contributed by atoms with Crippen LogP contribution in [0.5, 0.6) is 0 Å². The van der Waals surface area contributed by atoms with Gasteiger partial charge in [0.1, 0.15) is 0 Å². The van der Waals surface area contributed by atoms with E-state index in [1.807, 2.05) is 36.4 Å². The molecule has 146 valence electrons. The largest absolute Gasteiger partial charge is 0.465 e. The van der Waals surface area contributed by atoms with E-state index < -0.39 is 0 Å². The van der Waals surface area contributed by atoms with E-state index in [4.69, 9.17) is 17.0 Å². The van der Waals surface area contributed by atoms with Crippen LogP contribution in [0.1, 0.15) is 15.9 Å². The van der Waals surface area contributed by atoms with Crippen LogP contribution in [0.25, 0.3) is 6.08 Å². The first-order valence-electron chi connectivity index (χ1n) is 9.34. The molecule has 0 spiro atoms. The van der Waals surface area contributed by atoms with Crippen molar-refractivity contribution in [3.05, 3.63) is 71.8 Å². The Kier molecular flexibility index (Phi) is 7.17. The summed E-state index contributed by atoms with van der Waals surface area (Å²) >= 11 is 5.56. The van der Waals surface area contributed by atoms with Gasteiger partial charge in [-0.3, -0.25) is 4.90 Å². The molecular formula is C22H25N3O2S. The standard InChI is InChI=1S/C22H25N3O2S/c1-27-21(26)19-11-5-6-12-20(19)23-22(28)25-16-14-24(15-17-25)13-7-10-18-8-3-2-4-9-18/h2-12H,13-17H2,1H3,(H,23,28). The normalized spacial score (nSPS) is 14.8. The van der Waals surface area contributed by atoms with Gasteiger partial charge >= 0.3 is 5.97 Å². The van der Waals surface area contributed by atoms with Gasteiger partial charge in [0.25, 0.3) is 0 Å². The third kappa shape index (κ3) is 5.41. The second-order valence-electron chi connectivity index (χ2n) is 6.57. The molecule has 2 aromatic carbocycles. The summed E-state index contributed by atoms with van der Waals surface area (Å²) in [4.78, 5) is 16.4. The van der Waals surface area contributed by atoms with E-state index in [9.17, 15) is 4.79 Å². The van der Waals surface area contributed by atoms with Crippen LogP contribution in [0.2, 0.25) is 0 Å². The first-order chi connectivity index (χ1) is 13.7. The van der Waals surface area contributed by atoms with Gasteiger partial charge in [-0.2, -0.15) is 0 Å². The van der Waals surface area contributed by atoms with Crippen LogP contribution in [0.3, 0.4) is 0 Å². The number of benzene rings is 2. The summed E-state index contributed by atoms with van der Waals surface area (Å²) < 4.78 is 4.84. The summed E-state index contributed by atoms with van der Waals surface area (Å²) in [5, 5.41) is 3.83. The molecule has 6 heteroatoms. The summed E-state index contributed by atoms with van der Waals surface area (Å²) in [6.45, 7) is 4.52. The summed E-state index contributed by atoms with van der Waals surface area (Å²) in [5.74, 6) is -0.374. The van der Waals surface area contributed by atoms with Crippen molar-refractivity contribution in [3.8, 4) is 0 Å². The van der Waals surface area contributed by atoms with Crippen LogP contribution < -0.4 is 5.32 Å². The molecule has 1 fully saturated rings. The summed E-state index contributed by atoms with van der Waals surface area (Å²) in [5.41, 5.74) is 2.38. The Hall–Kier alpha value is -2.70. The molecule has 3 rings (SSSR count). The Balaban J connectivity index is 1.49. The third-order valence-electron chi connectivity index (χ3n) is 4.71. The van der Waals surface area contributed by atoms with E-state index in [1.165, 1.54) is 12.7 Å². The van der Waals surface area contributed by atoms with Gasteiger partial charge in [-0.25, -0.2) is 4.79 Å². The van der Waals surface area contributed by atoms with Crippen molar-refractivity contribution in [2.45, 2.75) is 0 Å². The average Bonchev–Trinajstić information content (AvgIpc) is 2.75. The van der Waals surface area contributed by atoms with Crippen molar-refractivity contribution in [1.29, 1.82) is 0 Å². The van der Waals surface area contributed by atoms with E-state index in [0.717, 1.165) is 32.7 Å². The van der Waals surface area contributed by atoms with Gasteiger partial charge in [0.15, 0.2) is 5.11 Å². The lowest BCUT2D eigenvalue weighted by Gasteiger charge is -2.35. The Bertz CT molecular complexity index is 831. The highest BCUT2D eigenvalue weighted by molar-refractivity contribution is 7.80. The Morgan fingerprint density at radius 3 is 2.46 bits per heavy atom. The monoisotopic (exact) mass is 395 g/mol. The number of nitrogens with one attached hydrogen (secondary N) is 1. The predicted octanol–water partition coefficient (Wildman–Crippen LogP) is 3.50. The second-order valence-corrected chi connectivity index (χ2v) is 6.95. The van der Waals surface area contributed by atoms with Crippen LogP contribution in [0.4, 0.5) is 5.69 Å². The number of carbonyl (C=O) groups is 1. The molecule has 0 bridgehead atoms. The van der Waals surface area contributed by atoms with E-state index in [0.29, 0.717) is 16.4 Å². The Morgan fingerprint density at radius 2 is 1.75 bits per heavy atom. The number of methoxy groups -OCH3 is 1. The van der Waals surface area contributed by atoms with Crippen LogP contribution >= 0.6 is 12.2 Å². The average molecular weight is 396 g/mol. The molecule has 1 aliphatic heterocycles. The fraction of sp³-hybridized carbons (Fsp3) is 0.273. The van der Waals surface area contributed by atoms with E-state index in [-0.39, 0.29) is 5.97 Å². The topological polar surface area (TPSA) is 44.8 Å².